The second kappa shape index (κ2) is 13.9. The van der Waals surface area contributed by atoms with Gasteiger partial charge in [-0.05, 0) is 116 Å². The summed E-state index contributed by atoms with van der Waals surface area (Å²) in [6, 6.07) is 76.7. The van der Waals surface area contributed by atoms with E-state index in [9.17, 15) is 0 Å². The second-order valence-corrected chi connectivity index (χ2v) is 16.1. The van der Waals surface area contributed by atoms with Crippen molar-refractivity contribution < 1.29 is 4.74 Å². The fourth-order valence-electron chi connectivity index (χ4n) is 9.33. The van der Waals surface area contributed by atoms with Gasteiger partial charge in [0.15, 0.2) is 0 Å². The van der Waals surface area contributed by atoms with Crippen LogP contribution in [-0.2, 0) is 5.41 Å². The molecule has 280 valence electrons. The summed E-state index contributed by atoms with van der Waals surface area (Å²) in [5, 5.41) is 0. The van der Waals surface area contributed by atoms with Crippen molar-refractivity contribution in [2.45, 2.75) is 19.3 Å². The highest BCUT2D eigenvalue weighted by atomic mass is 16.5. The Bertz CT molecular complexity index is 3020. The van der Waals surface area contributed by atoms with Crippen molar-refractivity contribution in [3.05, 3.63) is 223 Å². The maximum Gasteiger partial charge on any atom is 0.135 e. The summed E-state index contributed by atoms with van der Waals surface area (Å²) in [6.45, 7) is 4.70. The van der Waals surface area contributed by atoms with Gasteiger partial charge in [0.25, 0.3) is 0 Å². The summed E-state index contributed by atoms with van der Waals surface area (Å²) in [4.78, 5) is 2.39. The number of rotatable bonds is 6. The Morgan fingerprint density at radius 1 is 0.322 bits per heavy atom. The molecule has 2 nitrogen and oxygen atoms in total. The highest BCUT2D eigenvalue weighted by molar-refractivity contribution is 6.00. The second-order valence-electron chi connectivity index (χ2n) is 16.1. The molecule has 0 saturated heterocycles. The maximum atomic E-state index is 6.71. The van der Waals surface area contributed by atoms with Crippen LogP contribution in [0.2, 0.25) is 0 Å². The lowest BCUT2D eigenvalue weighted by molar-refractivity contribution is 0.488. The molecule has 0 fully saturated rings. The van der Waals surface area contributed by atoms with E-state index in [0.717, 1.165) is 50.8 Å². The third-order valence-corrected chi connectivity index (χ3v) is 12.3. The lowest BCUT2D eigenvalue weighted by Crippen LogP contribution is -2.16. The van der Waals surface area contributed by atoms with Gasteiger partial charge in [-0.15, -0.1) is 0 Å². The molecule has 2 heteroatoms. The van der Waals surface area contributed by atoms with Gasteiger partial charge >= 0.3 is 0 Å². The fraction of sp³-hybridized carbons (Fsp3) is 0.0526. The Labute approximate surface area is 346 Å². The summed E-state index contributed by atoms with van der Waals surface area (Å²) in [7, 11) is 0. The molecule has 0 aromatic heterocycles. The number of hydrogen-bond donors (Lipinski definition) is 0. The minimum atomic E-state index is -0.107. The molecular formula is C57H41NO. The topological polar surface area (TPSA) is 12.5 Å². The van der Waals surface area contributed by atoms with E-state index in [-0.39, 0.29) is 5.41 Å². The van der Waals surface area contributed by atoms with E-state index >= 15 is 0 Å². The van der Waals surface area contributed by atoms with E-state index in [1.54, 1.807) is 0 Å². The molecular weight excluding hydrogens is 715 g/mol. The van der Waals surface area contributed by atoms with Gasteiger partial charge in [0.05, 0.1) is 0 Å². The quantitative estimate of drug-likeness (QED) is 0.168. The number of fused-ring (bicyclic) bond motifs is 8. The van der Waals surface area contributed by atoms with Crippen LogP contribution in [0.3, 0.4) is 0 Å². The Hall–Kier alpha value is -7.42. The highest BCUT2D eigenvalue weighted by Crippen LogP contribution is 2.52. The monoisotopic (exact) mass is 755 g/mol. The van der Waals surface area contributed by atoms with Gasteiger partial charge in [-0.25, -0.2) is 0 Å². The predicted octanol–water partition coefficient (Wildman–Crippen LogP) is 15.9. The molecule has 2 aliphatic rings. The first-order valence-electron chi connectivity index (χ1n) is 20.4. The lowest BCUT2D eigenvalue weighted by atomic mass is 9.82. The summed E-state index contributed by atoms with van der Waals surface area (Å²) in [5.74, 6) is 1.72. The molecule has 1 aliphatic carbocycles. The summed E-state index contributed by atoms with van der Waals surface area (Å²) in [6.07, 6.45) is 0. The van der Waals surface area contributed by atoms with Crippen LogP contribution in [-0.4, -0.2) is 0 Å². The molecule has 0 amide bonds. The van der Waals surface area contributed by atoms with Crippen LogP contribution < -0.4 is 9.64 Å². The maximum absolute atomic E-state index is 6.71. The number of benzene rings is 9. The molecule has 59 heavy (non-hydrogen) atoms. The van der Waals surface area contributed by atoms with E-state index in [0.29, 0.717) is 0 Å². The molecule has 9 aromatic rings. The average Bonchev–Trinajstić information content (AvgIpc) is 3.42. The van der Waals surface area contributed by atoms with Gasteiger partial charge < -0.3 is 9.64 Å². The van der Waals surface area contributed by atoms with Gasteiger partial charge in [0.1, 0.15) is 11.5 Å². The van der Waals surface area contributed by atoms with Gasteiger partial charge in [-0.2, -0.15) is 0 Å². The van der Waals surface area contributed by atoms with Crippen molar-refractivity contribution in [1.82, 2.24) is 0 Å². The van der Waals surface area contributed by atoms with Crippen LogP contribution in [0.15, 0.2) is 212 Å². The van der Waals surface area contributed by atoms with E-state index in [4.69, 9.17) is 4.74 Å². The highest BCUT2D eigenvalue weighted by Gasteiger charge is 2.35. The smallest absolute Gasteiger partial charge is 0.135 e. The number of ether oxygens (including phenoxy) is 1. The van der Waals surface area contributed by atoms with Crippen LogP contribution in [0.4, 0.5) is 17.1 Å². The number of hydrogen-bond acceptors (Lipinski definition) is 2. The molecule has 0 saturated carbocycles. The molecule has 0 spiro atoms. The molecule has 1 heterocycles. The van der Waals surface area contributed by atoms with Crippen molar-refractivity contribution in [2.24, 2.45) is 0 Å². The summed E-state index contributed by atoms with van der Waals surface area (Å²) >= 11 is 0. The standard InChI is InChI=1S/C57H41NO/c1-57(2)52-22-11-9-18-47(52)48-34-33-45(37-53(48)57)58(43-29-24-39(25-30-43)38-14-5-3-6-15-38)44-31-26-40(27-32-44)42-28-35-55-51(36-42)56-46(41-16-7-4-8-17-41)20-13-21-50(56)49-19-10-12-23-54(49)59-55/h3-37H,1-2H3. The molecule has 0 bridgehead atoms. The minimum absolute atomic E-state index is 0.107. The van der Waals surface area contributed by atoms with Crippen LogP contribution in [0.5, 0.6) is 11.5 Å². The summed E-state index contributed by atoms with van der Waals surface area (Å²) in [5.41, 5.74) is 20.2. The van der Waals surface area contributed by atoms with Gasteiger partial charge in [0, 0.05) is 39.2 Å². The van der Waals surface area contributed by atoms with E-state index < -0.39 is 0 Å². The Morgan fingerprint density at radius 3 is 1.56 bits per heavy atom. The van der Waals surface area contributed by atoms with E-state index in [2.05, 4.69) is 225 Å². The largest absolute Gasteiger partial charge is 0.456 e. The molecule has 0 atom stereocenters. The van der Waals surface area contributed by atoms with Crippen molar-refractivity contribution in [3.63, 3.8) is 0 Å². The SMILES string of the molecule is CC1(C)c2ccccc2-c2ccc(N(c3ccc(-c4ccccc4)cc3)c3ccc(-c4ccc5c(c4)-c4c(-c6ccccc6)cccc4-c4ccccc4O5)cc3)cc21. The molecule has 11 rings (SSSR count). The zero-order valence-corrected chi connectivity index (χ0v) is 33.1. The van der Waals surface area contributed by atoms with Gasteiger partial charge in [-0.3, -0.25) is 0 Å². The van der Waals surface area contributed by atoms with Crippen LogP contribution >= 0.6 is 0 Å². The normalized spacial score (nSPS) is 12.8. The molecule has 9 aromatic carbocycles. The molecule has 1 aliphatic heterocycles. The third kappa shape index (κ3) is 5.87. The zero-order chi connectivity index (χ0) is 39.5. The van der Waals surface area contributed by atoms with Crippen LogP contribution in [0.1, 0.15) is 25.0 Å². The van der Waals surface area contributed by atoms with Crippen molar-refractivity contribution in [2.75, 3.05) is 4.90 Å². The van der Waals surface area contributed by atoms with Gasteiger partial charge in [0.2, 0.25) is 0 Å². The van der Waals surface area contributed by atoms with E-state index in [1.807, 2.05) is 6.07 Å². The Kier molecular flexibility index (Phi) is 8.20. The molecule has 0 unspecified atom stereocenters. The number of para-hydroxylation sites is 1. The number of anilines is 3. The first-order valence-corrected chi connectivity index (χ1v) is 20.4. The first-order chi connectivity index (χ1) is 29.0. The third-order valence-electron chi connectivity index (χ3n) is 12.3. The van der Waals surface area contributed by atoms with Gasteiger partial charge in [-0.1, -0.05) is 172 Å². The lowest BCUT2D eigenvalue weighted by Gasteiger charge is -2.28. The fourth-order valence-corrected chi connectivity index (χ4v) is 9.33. The van der Waals surface area contributed by atoms with Crippen LogP contribution in [0.25, 0.3) is 66.8 Å². The summed E-state index contributed by atoms with van der Waals surface area (Å²) < 4.78 is 6.71. The number of nitrogens with zero attached hydrogens (tertiary/aromatic N) is 1. The van der Waals surface area contributed by atoms with Crippen LogP contribution in [0, 0.1) is 0 Å². The van der Waals surface area contributed by atoms with Crippen molar-refractivity contribution >= 4 is 17.1 Å². The molecule has 0 N–H and O–H groups in total. The van der Waals surface area contributed by atoms with Crippen molar-refractivity contribution in [1.29, 1.82) is 0 Å². The van der Waals surface area contributed by atoms with E-state index in [1.165, 1.54) is 55.6 Å². The Morgan fingerprint density at radius 2 is 0.831 bits per heavy atom. The average molecular weight is 756 g/mol. The zero-order valence-electron chi connectivity index (χ0n) is 33.1. The predicted molar refractivity (Wildman–Crippen MR) is 246 cm³/mol. The Balaban J connectivity index is 1.02. The first kappa shape index (κ1) is 34.8. The van der Waals surface area contributed by atoms with Crippen molar-refractivity contribution in [3.8, 4) is 78.3 Å². The molecule has 0 radical (unpaired) electrons. The minimum Gasteiger partial charge on any atom is -0.456 e.